The number of cyclic esters (lactones) is 1. The number of benzene rings is 11. The Kier molecular flexibility index (Phi) is 24.6. The van der Waals surface area contributed by atoms with Crippen molar-refractivity contribution in [3.63, 3.8) is 0 Å². The van der Waals surface area contributed by atoms with E-state index < -0.39 is 436 Å². The second-order valence-electron chi connectivity index (χ2n) is 31.6. The van der Waals surface area contributed by atoms with Crippen LogP contribution >= 0.6 is 0 Å². The molecule has 0 unspecified atom stereocenters. The maximum atomic E-state index is 16.0. The van der Waals surface area contributed by atoms with Crippen LogP contribution in [0.2, 0.25) is 0 Å². The molecule has 0 aromatic heterocycles. The number of phenolic OH excluding ortho intramolecular Hbond substituents is 31. The van der Waals surface area contributed by atoms with E-state index in [0.717, 1.165) is 0 Å². The summed E-state index contributed by atoms with van der Waals surface area (Å²) in [6.07, 6.45) is -29.6. The Bertz CT molecular complexity index is 7570. The van der Waals surface area contributed by atoms with E-state index in [1.807, 2.05) is 0 Å². The van der Waals surface area contributed by atoms with Gasteiger partial charge in [-0.3, -0.25) is 0 Å². The van der Waals surface area contributed by atoms with Gasteiger partial charge in [0.15, 0.2) is 168 Å². The van der Waals surface area contributed by atoms with Crippen molar-refractivity contribution in [2.75, 3.05) is 20.3 Å². The first-order valence-corrected chi connectivity index (χ1v) is 40.6. The predicted octanol–water partition coefficient (Wildman–Crippen LogP) is 4.70. The highest BCUT2D eigenvalue weighted by Gasteiger charge is 2.59. The van der Waals surface area contributed by atoms with Crippen LogP contribution < -0.4 is 9.47 Å². The fraction of sp³-hybridized carbons (Fsp3) is 0.144. The number of fused-ring (bicyclic) bond motifs is 13. The van der Waals surface area contributed by atoms with E-state index in [1.54, 1.807) is 0 Å². The van der Waals surface area contributed by atoms with Gasteiger partial charge in [0.1, 0.15) is 36.5 Å². The van der Waals surface area contributed by atoms with Gasteiger partial charge in [-0.1, -0.05) is 0 Å². The van der Waals surface area contributed by atoms with Crippen LogP contribution in [0.3, 0.4) is 0 Å². The number of aromatic hydroxyl groups is 31. The van der Waals surface area contributed by atoms with Gasteiger partial charge in [0.05, 0.1) is 57.2 Å². The molecule has 11 aromatic rings. The highest BCUT2D eigenvalue weighted by Crippen LogP contribution is 2.61. The van der Waals surface area contributed by atoms with E-state index in [1.165, 1.54) is 0 Å². The molecule has 11 aromatic carbocycles. The quantitative estimate of drug-likeness (QED) is 0.0398. The molecule has 57 nitrogen and oxygen atoms in total. The summed E-state index contributed by atoms with van der Waals surface area (Å²) < 4.78 is 85.4. The molecule has 0 aliphatic carbocycles. The number of carbonyl (C=O) groups excluding carboxylic acids is 11. The number of hydrogen-bond donors (Lipinski definition) is 31. The molecule has 2 saturated heterocycles. The summed E-state index contributed by atoms with van der Waals surface area (Å²) in [4.78, 5) is 165. The largest absolute Gasteiger partial charge is 0.504 e. The van der Waals surface area contributed by atoms with Gasteiger partial charge in [-0.15, -0.1) is 0 Å². The summed E-state index contributed by atoms with van der Waals surface area (Å²) in [6.45, 7) is -3.29. The van der Waals surface area contributed by atoms with Crippen molar-refractivity contribution in [2.45, 2.75) is 61.4 Å². The standard InChI is InChI=1S/C90H62O57/c1-133-81(125)27-12-39(101)58(110)68(120)70(27)136-41-14-25-49(66(118)60(41)112)48-24(11-38(100)57(109)65(48)117)85(129)144-76-75(143-86(25)130)73(43(16-134-78(122)18-2-29(91)51(103)30(92)3-18)138-89(76)146-79(123)19-4-31(93)52(104)32(94)5-19)141-88(132)28-13-40(102)59(111)69(121)71(28)137-42-15-26-50(67(119)61(42)113)47-23(10-37(99)56(108)64(47)116)84(128)142-74-72-44(139-90(77(74)145-87(26)131)147-80(124)20-6-33(95)53(105)34(96)7-20)17-135-82(126)21-8-35(97)54(106)62(114)45(21)46-22(83(127)140-72)9-36(98)55(107)63(46)115/h2-15,43-44,72-77,89-121H,16-17H2,1H3/t43-,44+,72-,73+,74+,75-,76-,77-,89+,90-/m0/s1. The normalized spacial score (nSPS) is 18.8. The highest BCUT2D eigenvalue weighted by atomic mass is 16.8. The number of hydrogen-bond acceptors (Lipinski definition) is 57. The number of rotatable bonds is 14. The van der Waals surface area contributed by atoms with E-state index in [0.29, 0.717) is 55.6 Å². The van der Waals surface area contributed by atoms with Crippen LogP contribution in [0, 0.1) is 0 Å². The maximum absolute atomic E-state index is 16.0. The molecule has 0 radical (unpaired) electrons. The van der Waals surface area contributed by atoms with Gasteiger partial charge >= 0.3 is 65.7 Å². The Labute approximate surface area is 807 Å². The number of methoxy groups -OCH3 is 1. The molecule has 0 spiro atoms. The lowest BCUT2D eigenvalue weighted by molar-refractivity contribution is -0.283. The van der Waals surface area contributed by atoms with Crippen molar-refractivity contribution in [2.24, 2.45) is 0 Å². The maximum Gasteiger partial charge on any atom is 0.342 e. The van der Waals surface area contributed by atoms with Crippen LogP contribution in [0.4, 0.5) is 0 Å². The molecule has 5 heterocycles. The van der Waals surface area contributed by atoms with E-state index in [4.69, 9.17) is 66.3 Å². The summed E-state index contributed by atoms with van der Waals surface area (Å²) in [5.41, 5.74) is -23.1. The third-order valence-electron chi connectivity index (χ3n) is 22.8. The van der Waals surface area contributed by atoms with E-state index >= 15 is 28.8 Å². The fourth-order valence-corrected chi connectivity index (χ4v) is 15.7. The Morgan fingerprint density at radius 2 is 0.551 bits per heavy atom. The number of ether oxygens (including phenoxy) is 15. The van der Waals surface area contributed by atoms with Crippen molar-refractivity contribution < 1.29 is 282 Å². The first kappa shape index (κ1) is 98.9. The Balaban J connectivity index is 0.868. The summed E-state index contributed by atoms with van der Waals surface area (Å²) in [7, 11) is 0.713. The molecule has 31 N–H and O–H groups in total. The predicted molar refractivity (Wildman–Crippen MR) is 455 cm³/mol. The smallest absolute Gasteiger partial charge is 0.342 e. The highest BCUT2D eigenvalue weighted by molar-refractivity contribution is 6.13. The number of phenols is 31. The minimum absolute atomic E-state index is 0.0100. The molecule has 2 fully saturated rings. The van der Waals surface area contributed by atoms with E-state index in [9.17, 15) is 182 Å². The van der Waals surface area contributed by atoms with Crippen LogP contribution in [-0.2, 0) is 61.6 Å². The molecule has 16 rings (SSSR count). The lowest BCUT2D eigenvalue weighted by atomic mass is 9.90. The van der Waals surface area contributed by atoms with Gasteiger partial charge in [0.25, 0.3) is 0 Å². The van der Waals surface area contributed by atoms with Gasteiger partial charge in [-0.2, -0.15) is 0 Å². The Hall–Kier alpha value is -21.1. The number of carbonyl (C=O) groups is 11. The van der Waals surface area contributed by atoms with Gasteiger partial charge in [-0.25, -0.2) is 52.7 Å². The lowest BCUT2D eigenvalue weighted by Crippen LogP contribution is -2.63. The zero-order valence-electron chi connectivity index (χ0n) is 72.2. The van der Waals surface area contributed by atoms with Crippen LogP contribution in [0.25, 0.3) is 33.4 Å². The third-order valence-corrected chi connectivity index (χ3v) is 22.8. The van der Waals surface area contributed by atoms with Crippen molar-refractivity contribution in [1.29, 1.82) is 0 Å². The van der Waals surface area contributed by atoms with Crippen LogP contribution in [0.5, 0.6) is 201 Å². The zero-order chi connectivity index (χ0) is 107. The van der Waals surface area contributed by atoms with Gasteiger partial charge in [-0.05, 0) is 60.7 Å². The molecular weight excluding hydrogens is 1990 g/mol. The summed E-state index contributed by atoms with van der Waals surface area (Å²) >= 11 is 0. The Morgan fingerprint density at radius 1 is 0.272 bits per heavy atom. The van der Waals surface area contributed by atoms with E-state index in [-0.39, 0.29) is 36.4 Å². The van der Waals surface area contributed by atoms with Crippen LogP contribution in [0.15, 0.2) is 84.9 Å². The minimum Gasteiger partial charge on any atom is -0.504 e. The van der Waals surface area contributed by atoms with Crippen LogP contribution in [0.1, 0.15) is 114 Å². The Morgan fingerprint density at radius 3 is 0.912 bits per heavy atom. The van der Waals surface area contributed by atoms with Gasteiger partial charge in [0, 0.05) is 57.6 Å². The average Bonchev–Trinajstić information content (AvgIpc) is 1.06. The molecule has 5 aliphatic rings. The first-order valence-electron chi connectivity index (χ1n) is 40.6. The van der Waals surface area contributed by atoms with Crippen molar-refractivity contribution in [1.82, 2.24) is 0 Å². The summed E-state index contributed by atoms with van der Waals surface area (Å²) in [6, 6.07) is 3.91. The van der Waals surface area contributed by atoms with E-state index in [2.05, 4.69) is 4.74 Å². The molecule has 57 heteroatoms. The SMILES string of the molecule is COC(=O)c1cc(O)c(O)c(O)c1Oc1cc2c(c(O)c1O)-c1c(cc(O)c(O)c1O)C(=O)O[C@@H]1[C@@H](OC(=O)c3cc(O)c(O)c(O)c3)O[C@@H](COC(=O)c3cc(O)c(O)c(O)c3)[C@@H](OC(=O)c3cc(O)c(O)c(O)c3Oc3cc4c(c(O)c3O)-c3c(cc(O)c(O)c3O)C(=O)O[C@H]3[C@H](OC4=O)[C@H](OC(=O)c4cc(O)c(O)c(O)c4)O[C@@H]4COC(=O)c5cc(O)c(O)c(O)c5-c5c(cc(O)c(O)c5O)C(=O)O[C@H]34)[C@@H]1OC2=O. The molecule has 147 heavy (non-hydrogen) atoms. The minimum atomic E-state index is -3.19. The molecule has 10 atom stereocenters. The van der Waals surface area contributed by atoms with Gasteiger partial charge < -0.3 is 229 Å². The third kappa shape index (κ3) is 16.8. The molecule has 0 saturated carbocycles. The zero-order valence-corrected chi connectivity index (χ0v) is 72.2. The van der Waals surface area contributed by atoms with Crippen molar-refractivity contribution in [3.05, 3.63) is 146 Å². The van der Waals surface area contributed by atoms with Crippen molar-refractivity contribution in [3.8, 4) is 235 Å². The molecule has 5 aliphatic heterocycles. The molecule has 0 amide bonds. The number of esters is 11. The second-order valence-corrected chi connectivity index (χ2v) is 31.6. The monoisotopic (exact) mass is 2050 g/mol. The fourth-order valence-electron chi connectivity index (χ4n) is 15.7. The first-order chi connectivity index (χ1) is 69.2. The molecule has 0 bridgehead atoms. The molecular formula is C90H62O57. The average molecular weight is 2060 g/mol. The summed E-state index contributed by atoms with van der Waals surface area (Å²) in [5, 5.41) is 345. The lowest BCUT2D eigenvalue weighted by Gasteiger charge is -2.44. The van der Waals surface area contributed by atoms with Crippen LogP contribution in [-0.4, -0.2) is 306 Å². The van der Waals surface area contributed by atoms with Gasteiger partial charge in [0.2, 0.25) is 82.3 Å². The summed E-state index contributed by atoms with van der Waals surface area (Å²) in [5.74, 6) is -77.4. The van der Waals surface area contributed by atoms with Crippen molar-refractivity contribution >= 4 is 65.7 Å². The topological polar surface area (TPSA) is 953 Å². The molecule has 764 valence electrons. The second kappa shape index (κ2) is 36.6.